The molecule has 2 aromatic carbocycles. The van der Waals surface area contributed by atoms with Gasteiger partial charge in [0.2, 0.25) is 5.91 Å². The van der Waals surface area contributed by atoms with E-state index < -0.39 is 18.5 Å². The number of benzene rings is 2. The largest absolute Gasteiger partial charge is 0.573 e. The average Bonchev–Trinajstić information content (AvgIpc) is 2.81. The molecule has 0 radical (unpaired) electrons. The van der Waals surface area contributed by atoms with E-state index in [1.165, 1.54) is 30.1 Å². The molecule has 212 valence electrons. The molecular formula is C25H30F6N2O5. The van der Waals surface area contributed by atoms with E-state index in [4.69, 9.17) is 9.47 Å². The Bertz CT molecular complexity index is 1040. The van der Waals surface area contributed by atoms with Gasteiger partial charge >= 0.3 is 12.7 Å². The van der Waals surface area contributed by atoms with Gasteiger partial charge in [0.25, 0.3) is 0 Å². The lowest BCUT2D eigenvalue weighted by atomic mass is 10.1. The number of nitrogens with zero attached hydrogens (tertiary/aromatic N) is 1. The monoisotopic (exact) mass is 552 g/mol. The van der Waals surface area contributed by atoms with Crippen LogP contribution in [0.1, 0.15) is 25.0 Å². The van der Waals surface area contributed by atoms with Crippen molar-refractivity contribution in [3.05, 3.63) is 60.2 Å². The van der Waals surface area contributed by atoms with Gasteiger partial charge in [-0.05, 0) is 39.1 Å². The quantitative estimate of drug-likeness (QED) is 0.280. The molecule has 0 saturated heterocycles. The van der Waals surface area contributed by atoms with Crippen LogP contribution in [0.15, 0.2) is 49.1 Å². The molecular weight excluding hydrogens is 522 g/mol. The molecule has 1 N–H and O–H groups in total. The molecule has 7 nitrogen and oxygen atoms in total. The molecule has 2 rings (SSSR count). The highest BCUT2D eigenvalue weighted by molar-refractivity contribution is 5.86. The van der Waals surface area contributed by atoms with Gasteiger partial charge in [0.15, 0.2) is 23.0 Å². The zero-order chi connectivity index (χ0) is 28.9. The van der Waals surface area contributed by atoms with Crippen LogP contribution in [-0.4, -0.2) is 50.8 Å². The Kier molecular flexibility index (Phi) is 12.8. The number of amides is 1. The van der Waals surface area contributed by atoms with Crippen molar-refractivity contribution in [2.24, 2.45) is 0 Å². The first-order valence-electron chi connectivity index (χ1n) is 11.3. The molecule has 13 heteroatoms. The van der Waals surface area contributed by atoms with Crippen LogP contribution in [0, 0.1) is 0 Å². The number of para-hydroxylation sites is 2. The number of carbonyl (C=O) groups is 1. The van der Waals surface area contributed by atoms with Gasteiger partial charge in [-0.25, -0.2) is 0 Å². The molecule has 0 aliphatic heterocycles. The molecule has 0 fully saturated rings. The van der Waals surface area contributed by atoms with Crippen molar-refractivity contribution < 1.29 is 50.1 Å². The molecule has 0 bridgehead atoms. The Morgan fingerprint density at radius 2 is 1.34 bits per heavy atom. The molecule has 0 heterocycles. The SMILES string of the molecule is C=CC(=O)N(C)Cc1cccc(OC(F)(F)F)c1OCC.CCOc1c(CNC)cccc1OC(F)(F)F. The Balaban J connectivity index is 0.000000389. The van der Waals surface area contributed by atoms with Crippen molar-refractivity contribution in [3.8, 4) is 23.0 Å². The van der Waals surface area contributed by atoms with Crippen LogP contribution in [0.25, 0.3) is 0 Å². The van der Waals surface area contributed by atoms with E-state index in [1.54, 1.807) is 33.0 Å². The number of carbonyl (C=O) groups excluding carboxylic acids is 1. The number of hydrogen-bond donors (Lipinski definition) is 1. The van der Waals surface area contributed by atoms with Gasteiger partial charge in [-0.15, -0.1) is 26.3 Å². The van der Waals surface area contributed by atoms with Crippen molar-refractivity contribution in [2.45, 2.75) is 39.7 Å². The van der Waals surface area contributed by atoms with Crippen molar-refractivity contribution >= 4 is 5.91 Å². The predicted octanol–water partition coefficient (Wildman–Crippen LogP) is 5.83. The van der Waals surface area contributed by atoms with Crippen LogP contribution in [0.4, 0.5) is 26.3 Å². The standard InChI is InChI=1S/C14H16F3NO3.C11H14F3NO2/c1-4-12(19)18(3)9-10-7-6-8-11(13(10)20-5-2)21-14(15,16)17;1-3-16-10-8(7-15-2)5-4-6-9(10)17-11(12,13)14/h4,6-8H,1,5,9H2,2-3H3;4-6,15H,3,7H2,1-2H3. The first kappa shape index (κ1) is 32.4. The highest BCUT2D eigenvalue weighted by atomic mass is 19.4. The third kappa shape index (κ3) is 11.2. The fourth-order valence-corrected chi connectivity index (χ4v) is 3.09. The first-order chi connectivity index (χ1) is 17.8. The summed E-state index contributed by atoms with van der Waals surface area (Å²) in [5.74, 6) is -0.990. The molecule has 2 aromatic rings. The fourth-order valence-electron chi connectivity index (χ4n) is 3.09. The molecule has 0 unspecified atom stereocenters. The van der Waals surface area contributed by atoms with Crippen molar-refractivity contribution in [1.82, 2.24) is 10.2 Å². The van der Waals surface area contributed by atoms with E-state index >= 15 is 0 Å². The van der Waals surface area contributed by atoms with Gasteiger partial charge in [0, 0.05) is 31.3 Å². The maximum absolute atomic E-state index is 12.4. The molecule has 38 heavy (non-hydrogen) atoms. The Labute approximate surface area is 216 Å². The van der Waals surface area contributed by atoms with Gasteiger partial charge in [0.1, 0.15) is 0 Å². The Morgan fingerprint density at radius 1 is 0.895 bits per heavy atom. The summed E-state index contributed by atoms with van der Waals surface area (Å²) in [5, 5.41) is 2.86. The van der Waals surface area contributed by atoms with Gasteiger partial charge in [-0.3, -0.25) is 4.79 Å². The highest BCUT2D eigenvalue weighted by Crippen LogP contribution is 2.36. The van der Waals surface area contributed by atoms with Gasteiger partial charge in [-0.2, -0.15) is 0 Å². The Hall–Kier alpha value is -3.61. The van der Waals surface area contributed by atoms with E-state index in [-0.39, 0.29) is 42.9 Å². The maximum atomic E-state index is 12.4. The summed E-state index contributed by atoms with van der Waals surface area (Å²) in [7, 11) is 3.21. The second-order valence-electron chi connectivity index (χ2n) is 7.38. The van der Waals surface area contributed by atoms with Crippen molar-refractivity contribution in [2.75, 3.05) is 27.3 Å². The summed E-state index contributed by atoms with van der Waals surface area (Å²) in [5.41, 5.74) is 1.03. The topological polar surface area (TPSA) is 69.3 Å². The van der Waals surface area contributed by atoms with Crippen molar-refractivity contribution in [3.63, 3.8) is 0 Å². The second-order valence-corrected chi connectivity index (χ2v) is 7.38. The lowest BCUT2D eigenvalue weighted by Crippen LogP contribution is -2.24. The summed E-state index contributed by atoms with van der Waals surface area (Å²) in [4.78, 5) is 12.8. The summed E-state index contributed by atoms with van der Waals surface area (Å²) >= 11 is 0. The zero-order valence-corrected chi connectivity index (χ0v) is 21.3. The number of likely N-dealkylation sites (N-methyl/N-ethyl adjacent to an activating group) is 1. The van der Waals surface area contributed by atoms with Crippen LogP contribution >= 0.6 is 0 Å². The van der Waals surface area contributed by atoms with E-state index in [0.29, 0.717) is 17.7 Å². The van der Waals surface area contributed by atoms with Crippen LogP contribution in [0.5, 0.6) is 23.0 Å². The first-order valence-corrected chi connectivity index (χ1v) is 11.3. The molecule has 0 aliphatic rings. The number of ether oxygens (including phenoxy) is 4. The summed E-state index contributed by atoms with van der Waals surface area (Å²) in [6.07, 6.45) is -8.41. The van der Waals surface area contributed by atoms with Gasteiger partial charge in [0.05, 0.1) is 13.2 Å². The van der Waals surface area contributed by atoms with Gasteiger partial charge < -0.3 is 29.2 Å². The lowest BCUT2D eigenvalue weighted by Gasteiger charge is -2.20. The molecule has 0 aliphatic carbocycles. The van der Waals surface area contributed by atoms with E-state index in [1.807, 2.05) is 0 Å². The number of rotatable bonds is 11. The number of nitrogens with one attached hydrogen (secondary N) is 1. The Morgan fingerprint density at radius 3 is 1.74 bits per heavy atom. The summed E-state index contributed by atoms with van der Waals surface area (Å²) in [6, 6.07) is 8.56. The molecule has 0 spiro atoms. The van der Waals surface area contributed by atoms with Gasteiger partial charge in [-0.1, -0.05) is 30.8 Å². The van der Waals surface area contributed by atoms with Crippen LogP contribution < -0.4 is 24.3 Å². The smallest absolute Gasteiger partial charge is 0.490 e. The normalized spacial score (nSPS) is 11.1. The predicted molar refractivity (Wildman–Crippen MR) is 128 cm³/mol. The zero-order valence-electron chi connectivity index (χ0n) is 21.3. The molecule has 0 saturated carbocycles. The fraction of sp³-hybridized carbons (Fsp3) is 0.400. The van der Waals surface area contributed by atoms with Crippen molar-refractivity contribution in [1.29, 1.82) is 0 Å². The average molecular weight is 553 g/mol. The third-order valence-electron chi connectivity index (χ3n) is 4.48. The minimum absolute atomic E-state index is 0.0268. The van der Waals surface area contributed by atoms with E-state index in [9.17, 15) is 31.1 Å². The van der Waals surface area contributed by atoms with Crippen LogP contribution in [-0.2, 0) is 17.9 Å². The summed E-state index contributed by atoms with van der Waals surface area (Å²) < 4.78 is 92.0. The highest BCUT2D eigenvalue weighted by Gasteiger charge is 2.34. The number of alkyl halides is 6. The molecule has 0 atom stereocenters. The number of halogens is 6. The van der Waals surface area contributed by atoms with E-state index in [2.05, 4.69) is 21.4 Å². The van der Waals surface area contributed by atoms with Crippen LogP contribution in [0.2, 0.25) is 0 Å². The second kappa shape index (κ2) is 15.0. The lowest BCUT2D eigenvalue weighted by molar-refractivity contribution is -0.276. The summed E-state index contributed by atoms with van der Waals surface area (Å²) in [6.45, 7) is 7.63. The minimum atomic E-state index is -4.81. The minimum Gasteiger partial charge on any atom is -0.490 e. The number of hydrogen-bond acceptors (Lipinski definition) is 6. The van der Waals surface area contributed by atoms with E-state index in [0.717, 1.165) is 12.1 Å². The molecule has 0 aromatic heterocycles. The maximum Gasteiger partial charge on any atom is 0.573 e. The third-order valence-corrected chi connectivity index (χ3v) is 4.48. The molecule has 1 amide bonds. The van der Waals surface area contributed by atoms with Crippen LogP contribution in [0.3, 0.4) is 0 Å².